The first kappa shape index (κ1) is 17.3. The van der Waals surface area contributed by atoms with E-state index in [1.54, 1.807) is 0 Å². The number of nitrogens with zero attached hydrogens (tertiary/aromatic N) is 1. The number of benzene rings is 2. The Labute approximate surface area is 142 Å². The molecule has 2 rings (SSSR count). The smallest absolute Gasteiger partial charge is 0.263 e. The molecule has 2 aromatic rings. The number of nitriles is 1. The summed E-state index contributed by atoms with van der Waals surface area (Å²) in [6.45, 7) is 5.89. The average molecular weight is 319 g/mol. The highest BCUT2D eigenvalue weighted by molar-refractivity contribution is 5.97. The van der Waals surface area contributed by atoms with Crippen LogP contribution in [0.2, 0.25) is 0 Å². The third-order valence-corrected chi connectivity index (χ3v) is 3.62. The van der Waals surface area contributed by atoms with Gasteiger partial charge in [-0.25, -0.2) is 0 Å². The van der Waals surface area contributed by atoms with Gasteiger partial charge >= 0.3 is 0 Å². The summed E-state index contributed by atoms with van der Waals surface area (Å²) in [6, 6.07) is 17.4. The maximum absolute atomic E-state index is 12.3. The first-order valence-electron chi connectivity index (χ1n) is 7.80. The van der Waals surface area contributed by atoms with E-state index in [2.05, 4.69) is 16.7 Å². The molecule has 122 valence electrons. The molecule has 2 aromatic carbocycles. The molecule has 0 bridgehead atoms. The van der Waals surface area contributed by atoms with E-state index in [1.165, 1.54) is 6.20 Å². The second-order valence-electron chi connectivity index (χ2n) is 5.80. The van der Waals surface area contributed by atoms with E-state index >= 15 is 0 Å². The van der Waals surface area contributed by atoms with Gasteiger partial charge in [0.25, 0.3) is 5.91 Å². The van der Waals surface area contributed by atoms with Crippen LogP contribution in [-0.2, 0) is 4.79 Å². The molecule has 24 heavy (non-hydrogen) atoms. The zero-order chi connectivity index (χ0) is 17.5. The molecule has 0 fully saturated rings. The summed E-state index contributed by atoms with van der Waals surface area (Å²) in [4.78, 5) is 12.3. The normalized spacial score (nSPS) is 12.2. The van der Waals surface area contributed by atoms with Gasteiger partial charge in [-0.3, -0.25) is 4.79 Å². The maximum atomic E-state index is 12.3. The van der Waals surface area contributed by atoms with E-state index in [9.17, 15) is 10.1 Å². The van der Waals surface area contributed by atoms with Crippen LogP contribution in [0.25, 0.3) is 0 Å². The molecule has 4 nitrogen and oxygen atoms in total. The Morgan fingerprint density at radius 2 is 1.75 bits per heavy atom. The van der Waals surface area contributed by atoms with E-state index in [1.807, 2.05) is 69.3 Å². The van der Waals surface area contributed by atoms with Gasteiger partial charge in [0.15, 0.2) is 0 Å². The van der Waals surface area contributed by atoms with Crippen LogP contribution >= 0.6 is 0 Å². The molecule has 0 aromatic heterocycles. The largest absolute Gasteiger partial charge is 0.360 e. The molecule has 0 aliphatic carbocycles. The van der Waals surface area contributed by atoms with Crippen molar-refractivity contribution < 1.29 is 4.79 Å². The number of nitrogens with one attached hydrogen (secondary N) is 2. The van der Waals surface area contributed by atoms with E-state index in [0.717, 1.165) is 22.4 Å². The summed E-state index contributed by atoms with van der Waals surface area (Å²) in [5, 5.41) is 15.1. The Kier molecular flexibility index (Phi) is 5.75. The van der Waals surface area contributed by atoms with Crippen LogP contribution < -0.4 is 10.6 Å². The molecule has 0 saturated carbocycles. The number of hydrogen-bond acceptors (Lipinski definition) is 3. The Balaban J connectivity index is 2.07. The number of hydrogen-bond donors (Lipinski definition) is 2. The zero-order valence-corrected chi connectivity index (χ0v) is 14.1. The van der Waals surface area contributed by atoms with Crippen molar-refractivity contribution in [1.82, 2.24) is 5.32 Å². The van der Waals surface area contributed by atoms with Crippen LogP contribution in [0, 0.1) is 25.2 Å². The molecule has 1 atom stereocenters. The maximum Gasteiger partial charge on any atom is 0.263 e. The van der Waals surface area contributed by atoms with Crippen molar-refractivity contribution >= 4 is 11.6 Å². The predicted molar refractivity (Wildman–Crippen MR) is 96.2 cm³/mol. The van der Waals surface area contributed by atoms with Crippen LogP contribution in [-0.4, -0.2) is 5.91 Å². The van der Waals surface area contributed by atoms with Crippen molar-refractivity contribution in [2.45, 2.75) is 26.8 Å². The number of amides is 1. The molecule has 0 radical (unpaired) electrons. The first-order chi connectivity index (χ1) is 11.5. The monoisotopic (exact) mass is 319 g/mol. The van der Waals surface area contributed by atoms with E-state index < -0.39 is 5.91 Å². The average Bonchev–Trinajstić information content (AvgIpc) is 2.55. The molecule has 0 aliphatic rings. The van der Waals surface area contributed by atoms with Crippen LogP contribution in [0.5, 0.6) is 0 Å². The SMILES string of the molecule is Cc1cc(C)cc(N/C=C(/C#N)C(=O)NC(C)c2ccccc2)c1. The van der Waals surface area contributed by atoms with Crippen molar-refractivity contribution in [2.75, 3.05) is 5.32 Å². The summed E-state index contributed by atoms with van der Waals surface area (Å²) in [6.07, 6.45) is 1.45. The standard InChI is InChI=1S/C20H21N3O/c1-14-9-15(2)11-19(10-14)22-13-18(12-21)20(24)23-16(3)17-7-5-4-6-8-17/h4-11,13,16,22H,1-3H3,(H,23,24)/b18-13-. The van der Waals surface area contributed by atoms with Gasteiger partial charge in [-0.05, 0) is 49.6 Å². The van der Waals surface area contributed by atoms with Gasteiger partial charge in [-0.2, -0.15) is 5.26 Å². The van der Waals surface area contributed by atoms with Gasteiger partial charge < -0.3 is 10.6 Å². The highest BCUT2D eigenvalue weighted by Crippen LogP contribution is 2.15. The quantitative estimate of drug-likeness (QED) is 0.646. The highest BCUT2D eigenvalue weighted by Gasteiger charge is 2.13. The number of aryl methyl sites for hydroxylation is 2. The first-order valence-corrected chi connectivity index (χ1v) is 7.80. The van der Waals surface area contributed by atoms with E-state index in [-0.39, 0.29) is 11.6 Å². The van der Waals surface area contributed by atoms with Crippen molar-refractivity contribution in [2.24, 2.45) is 0 Å². The van der Waals surface area contributed by atoms with Gasteiger partial charge in [0, 0.05) is 11.9 Å². The summed E-state index contributed by atoms with van der Waals surface area (Å²) in [5.41, 5.74) is 4.12. The fraction of sp³-hybridized carbons (Fsp3) is 0.200. The van der Waals surface area contributed by atoms with Crippen molar-refractivity contribution in [3.8, 4) is 6.07 Å². The topological polar surface area (TPSA) is 64.9 Å². The molecular formula is C20H21N3O. The molecular weight excluding hydrogens is 298 g/mol. The van der Waals surface area contributed by atoms with Gasteiger partial charge in [0.05, 0.1) is 6.04 Å². The fourth-order valence-electron chi connectivity index (χ4n) is 2.46. The Hall–Kier alpha value is -3.06. The van der Waals surface area contributed by atoms with Crippen molar-refractivity contribution in [3.63, 3.8) is 0 Å². The number of carbonyl (C=O) groups is 1. The second-order valence-corrected chi connectivity index (χ2v) is 5.80. The van der Waals surface area contributed by atoms with Gasteiger partial charge in [0.2, 0.25) is 0 Å². The Morgan fingerprint density at radius 3 is 2.33 bits per heavy atom. The molecule has 4 heteroatoms. The second kappa shape index (κ2) is 7.98. The molecule has 2 N–H and O–H groups in total. The van der Waals surface area contributed by atoms with Gasteiger partial charge in [0.1, 0.15) is 11.6 Å². The van der Waals surface area contributed by atoms with E-state index in [0.29, 0.717) is 0 Å². The minimum atomic E-state index is -0.397. The van der Waals surface area contributed by atoms with Gasteiger partial charge in [-0.15, -0.1) is 0 Å². The third kappa shape index (κ3) is 4.72. The minimum Gasteiger partial charge on any atom is -0.360 e. The van der Waals surface area contributed by atoms with Crippen molar-refractivity contribution in [1.29, 1.82) is 5.26 Å². The number of carbonyl (C=O) groups excluding carboxylic acids is 1. The lowest BCUT2D eigenvalue weighted by atomic mass is 10.1. The van der Waals surface area contributed by atoms with Gasteiger partial charge in [-0.1, -0.05) is 36.4 Å². The summed E-state index contributed by atoms with van der Waals surface area (Å²) >= 11 is 0. The summed E-state index contributed by atoms with van der Waals surface area (Å²) in [7, 11) is 0. The Bertz CT molecular complexity index is 768. The lowest BCUT2D eigenvalue weighted by Gasteiger charge is -2.14. The molecule has 0 spiro atoms. The third-order valence-electron chi connectivity index (χ3n) is 3.62. The Morgan fingerprint density at radius 1 is 1.12 bits per heavy atom. The van der Waals surface area contributed by atoms with Crippen molar-refractivity contribution in [3.05, 3.63) is 77.0 Å². The predicted octanol–water partition coefficient (Wildman–Crippen LogP) is 4.00. The molecule has 0 heterocycles. The van der Waals surface area contributed by atoms with Crippen LogP contribution in [0.1, 0.15) is 29.7 Å². The number of rotatable bonds is 5. The molecule has 0 saturated heterocycles. The lowest BCUT2D eigenvalue weighted by Crippen LogP contribution is -2.28. The minimum absolute atomic E-state index is 0.0388. The summed E-state index contributed by atoms with van der Waals surface area (Å²) < 4.78 is 0. The molecule has 0 aliphatic heterocycles. The fourth-order valence-corrected chi connectivity index (χ4v) is 2.46. The van der Waals surface area contributed by atoms with E-state index in [4.69, 9.17) is 0 Å². The molecule has 1 amide bonds. The van der Waals surface area contributed by atoms with Crippen LogP contribution in [0.15, 0.2) is 60.3 Å². The molecule has 1 unspecified atom stereocenters. The highest BCUT2D eigenvalue weighted by atomic mass is 16.1. The van der Waals surface area contributed by atoms with Crippen LogP contribution in [0.3, 0.4) is 0 Å². The lowest BCUT2D eigenvalue weighted by molar-refractivity contribution is -0.117. The number of anilines is 1. The van der Waals surface area contributed by atoms with Crippen LogP contribution in [0.4, 0.5) is 5.69 Å². The zero-order valence-electron chi connectivity index (χ0n) is 14.1. The summed E-state index contributed by atoms with van der Waals surface area (Å²) in [5.74, 6) is -0.397.